The summed E-state index contributed by atoms with van der Waals surface area (Å²) < 4.78 is 0. The van der Waals surface area contributed by atoms with Gasteiger partial charge < -0.3 is 16.0 Å². The van der Waals surface area contributed by atoms with Crippen molar-refractivity contribution in [3.05, 3.63) is 0 Å². The van der Waals surface area contributed by atoms with Crippen molar-refractivity contribution in [1.82, 2.24) is 10.2 Å². The van der Waals surface area contributed by atoms with Gasteiger partial charge in [-0.15, -0.1) is 0 Å². The van der Waals surface area contributed by atoms with E-state index in [1.165, 1.54) is 0 Å². The number of carbonyl (C=O) groups excluding carboxylic acids is 1. The first-order valence-electron chi connectivity index (χ1n) is 6.21. The Balaban J connectivity index is 2.05. The zero-order chi connectivity index (χ0) is 12.1. The zero-order valence-electron chi connectivity index (χ0n) is 10.7. The summed E-state index contributed by atoms with van der Waals surface area (Å²) in [7, 11) is 2.08. The normalized spacial score (nSPS) is 24.6. The summed E-state index contributed by atoms with van der Waals surface area (Å²) in [5, 5.41) is 2.90. The van der Waals surface area contributed by atoms with Crippen LogP contribution >= 0.6 is 0 Å². The van der Waals surface area contributed by atoms with E-state index in [0.29, 0.717) is 12.5 Å². The number of hydrogen-bond acceptors (Lipinski definition) is 3. The Morgan fingerprint density at radius 3 is 2.62 bits per heavy atom. The molecule has 4 heteroatoms. The molecule has 1 rings (SSSR count). The van der Waals surface area contributed by atoms with Gasteiger partial charge in [-0.25, -0.2) is 0 Å². The van der Waals surface area contributed by atoms with Crippen molar-refractivity contribution in [2.75, 3.05) is 20.1 Å². The molecule has 0 radical (unpaired) electrons. The van der Waals surface area contributed by atoms with Gasteiger partial charge in [-0.2, -0.15) is 0 Å². The maximum absolute atomic E-state index is 11.4. The molecule has 0 saturated heterocycles. The van der Waals surface area contributed by atoms with Crippen LogP contribution < -0.4 is 11.1 Å². The van der Waals surface area contributed by atoms with E-state index < -0.39 is 0 Å². The Bertz CT molecular complexity index is 224. The third kappa shape index (κ3) is 4.94. The summed E-state index contributed by atoms with van der Waals surface area (Å²) >= 11 is 0. The standard InChI is InChI=1S/C12H25N3O/c1-9(2)14-12(16)4-5-15(3)8-10-6-11(13)7-10/h9-11H,4-8,13H2,1-3H3,(H,14,16). The van der Waals surface area contributed by atoms with Gasteiger partial charge in [-0.05, 0) is 39.7 Å². The van der Waals surface area contributed by atoms with Crippen molar-refractivity contribution in [2.45, 2.75) is 45.2 Å². The predicted molar refractivity (Wildman–Crippen MR) is 66.1 cm³/mol. The fraction of sp³-hybridized carbons (Fsp3) is 0.917. The maximum atomic E-state index is 11.4. The molecule has 3 N–H and O–H groups in total. The summed E-state index contributed by atoms with van der Waals surface area (Å²) in [6.45, 7) is 5.88. The van der Waals surface area contributed by atoms with E-state index in [1.54, 1.807) is 0 Å². The lowest BCUT2D eigenvalue weighted by molar-refractivity contribution is -0.121. The number of nitrogens with two attached hydrogens (primary N) is 1. The Kier molecular flexibility index (Phi) is 5.22. The second kappa shape index (κ2) is 6.21. The topological polar surface area (TPSA) is 58.4 Å². The van der Waals surface area contributed by atoms with Crippen LogP contribution in [0, 0.1) is 5.92 Å². The number of hydrogen-bond donors (Lipinski definition) is 2. The molecule has 4 nitrogen and oxygen atoms in total. The van der Waals surface area contributed by atoms with Gasteiger partial charge in [-0.1, -0.05) is 0 Å². The van der Waals surface area contributed by atoms with Gasteiger partial charge in [0.2, 0.25) is 5.91 Å². The highest BCUT2D eigenvalue weighted by Gasteiger charge is 2.26. The van der Waals surface area contributed by atoms with Crippen LogP contribution in [0.1, 0.15) is 33.1 Å². The third-order valence-electron chi connectivity index (χ3n) is 3.01. The van der Waals surface area contributed by atoms with Gasteiger partial charge in [0.25, 0.3) is 0 Å². The zero-order valence-corrected chi connectivity index (χ0v) is 10.7. The van der Waals surface area contributed by atoms with Crippen LogP contribution in [0.2, 0.25) is 0 Å². The minimum Gasteiger partial charge on any atom is -0.354 e. The predicted octanol–water partition coefficient (Wildman–Crippen LogP) is 0.570. The average Bonchev–Trinajstić information content (AvgIpc) is 2.11. The molecule has 0 atom stereocenters. The summed E-state index contributed by atoms with van der Waals surface area (Å²) in [6.07, 6.45) is 2.87. The fourth-order valence-electron chi connectivity index (χ4n) is 2.15. The highest BCUT2D eigenvalue weighted by atomic mass is 16.1. The summed E-state index contributed by atoms with van der Waals surface area (Å²) in [5.74, 6) is 0.889. The van der Waals surface area contributed by atoms with Crippen molar-refractivity contribution in [3.63, 3.8) is 0 Å². The minimum absolute atomic E-state index is 0.146. The van der Waals surface area contributed by atoms with Crippen LogP contribution in [-0.4, -0.2) is 43.0 Å². The van der Waals surface area contributed by atoms with Crippen LogP contribution in [0.25, 0.3) is 0 Å². The Hall–Kier alpha value is -0.610. The van der Waals surface area contributed by atoms with E-state index >= 15 is 0 Å². The lowest BCUT2D eigenvalue weighted by Crippen LogP contribution is -2.42. The van der Waals surface area contributed by atoms with E-state index in [2.05, 4.69) is 17.3 Å². The monoisotopic (exact) mass is 227 g/mol. The summed E-state index contributed by atoms with van der Waals surface area (Å²) in [6, 6.07) is 0.657. The number of carbonyl (C=O) groups is 1. The number of nitrogens with zero attached hydrogens (tertiary/aromatic N) is 1. The molecule has 1 amide bonds. The molecule has 1 aliphatic carbocycles. The Labute approximate surface area is 98.6 Å². The number of rotatable bonds is 6. The molecule has 0 unspecified atom stereocenters. The van der Waals surface area contributed by atoms with Crippen LogP contribution in [-0.2, 0) is 4.79 Å². The summed E-state index contributed by atoms with van der Waals surface area (Å²) in [5.41, 5.74) is 5.74. The maximum Gasteiger partial charge on any atom is 0.221 e. The SMILES string of the molecule is CC(C)NC(=O)CCN(C)CC1CC(N)C1. The van der Waals surface area contributed by atoms with Crippen LogP contribution in [0.5, 0.6) is 0 Å². The highest BCUT2D eigenvalue weighted by Crippen LogP contribution is 2.25. The smallest absolute Gasteiger partial charge is 0.221 e. The third-order valence-corrected chi connectivity index (χ3v) is 3.01. The highest BCUT2D eigenvalue weighted by molar-refractivity contribution is 5.76. The lowest BCUT2D eigenvalue weighted by atomic mass is 9.80. The molecule has 94 valence electrons. The second-order valence-electron chi connectivity index (χ2n) is 5.33. The molecular weight excluding hydrogens is 202 g/mol. The first kappa shape index (κ1) is 13.5. The number of nitrogens with one attached hydrogen (secondary N) is 1. The minimum atomic E-state index is 0.146. The van der Waals surface area contributed by atoms with Gasteiger partial charge in [-0.3, -0.25) is 4.79 Å². The molecule has 1 fully saturated rings. The van der Waals surface area contributed by atoms with Crippen molar-refractivity contribution in [3.8, 4) is 0 Å². The van der Waals surface area contributed by atoms with E-state index in [4.69, 9.17) is 5.73 Å². The van der Waals surface area contributed by atoms with Gasteiger partial charge in [0, 0.05) is 31.6 Å². The second-order valence-corrected chi connectivity index (χ2v) is 5.33. The molecule has 0 aliphatic heterocycles. The number of amides is 1. The molecule has 16 heavy (non-hydrogen) atoms. The van der Waals surface area contributed by atoms with Crippen LogP contribution in [0.15, 0.2) is 0 Å². The van der Waals surface area contributed by atoms with Crippen molar-refractivity contribution in [1.29, 1.82) is 0 Å². The molecule has 0 aromatic rings. The van der Waals surface area contributed by atoms with Crippen molar-refractivity contribution in [2.24, 2.45) is 11.7 Å². The van der Waals surface area contributed by atoms with Crippen LogP contribution in [0.3, 0.4) is 0 Å². The first-order valence-corrected chi connectivity index (χ1v) is 6.21. The summed E-state index contributed by atoms with van der Waals surface area (Å²) in [4.78, 5) is 13.7. The first-order chi connectivity index (χ1) is 7.47. The molecular formula is C12H25N3O. The largest absolute Gasteiger partial charge is 0.354 e. The van der Waals surface area contributed by atoms with Gasteiger partial charge in [0.15, 0.2) is 0 Å². The van der Waals surface area contributed by atoms with E-state index in [-0.39, 0.29) is 11.9 Å². The molecule has 1 aliphatic rings. The van der Waals surface area contributed by atoms with Gasteiger partial charge >= 0.3 is 0 Å². The quantitative estimate of drug-likeness (QED) is 0.697. The van der Waals surface area contributed by atoms with Crippen molar-refractivity contribution < 1.29 is 4.79 Å². The Morgan fingerprint density at radius 1 is 1.50 bits per heavy atom. The van der Waals surface area contributed by atoms with E-state index in [1.807, 2.05) is 13.8 Å². The van der Waals surface area contributed by atoms with Gasteiger partial charge in [0.05, 0.1) is 0 Å². The van der Waals surface area contributed by atoms with E-state index in [0.717, 1.165) is 31.8 Å². The van der Waals surface area contributed by atoms with Crippen molar-refractivity contribution >= 4 is 5.91 Å². The van der Waals surface area contributed by atoms with E-state index in [9.17, 15) is 4.79 Å². The molecule has 0 aromatic heterocycles. The fourth-order valence-corrected chi connectivity index (χ4v) is 2.15. The molecule has 0 aromatic carbocycles. The van der Waals surface area contributed by atoms with Gasteiger partial charge in [0.1, 0.15) is 0 Å². The molecule has 1 saturated carbocycles. The van der Waals surface area contributed by atoms with Crippen LogP contribution in [0.4, 0.5) is 0 Å². The molecule has 0 heterocycles. The lowest BCUT2D eigenvalue weighted by Gasteiger charge is -2.35. The molecule has 0 bridgehead atoms. The Morgan fingerprint density at radius 2 is 2.12 bits per heavy atom. The average molecular weight is 227 g/mol. The molecule has 0 spiro atoms.